The summed E-state index contributed by atoms with van der Waals surface area (Å²) in [6.45, 7) is 8.11. The number of piperazine rings is 1. The maximum absolute atomic E-state index is 11.3. The van der Waals surface area contributed by atoms with Crippen LogP contribution in [-0.2, 0) is 4.79 Å². The number of aliphatic hydroxyl groups is 1. The monoisotopic (exact) mass is 214 g/mol. The highest BCUT2D eigenvalue weighted by Gasteiger charge is 2.28. The van der Waals surface area contributed by atoms with Crippen LogP contribution in [0.25, 0.3) is 0 Å². The molecule has 4 heteroatoms. The van der Waals surface area contributed by atoms with E-state index in [0.717, 1.165) is 19.5 Å². The first-order valence-electron chi connectivity index (χ1n) is 5.69. The number of rotatable bonds is 4. The first-order chi connectivity index (χ1) is 7.00. The van der Waals surface area contributed by atoms with Crippen LogP contribution < -0.4 is 5.32 Å². The van der Waals surface area contributed by atoms with Gasteiger partial charge in [0.15, 0.2) is 0 Å². The summed E-state index contributed by atoms with van der Waals surface area (Å²) in [7, 11) is 0. The van der Waals surface area contributed by atoms with Crippen LogP contribution in [0.4, 0.5) is 0 Å². The first kappa shape index (κ1) is 12.5. The smallest absolute Gasteiger partial charge is 0.234 e. The summed E-state index contributed by atoms with van der Waals surface area (Å²) in [5.74, 6) is 0.622. The zero-order valence-electron chi connectivity index (χ0n) is 9.86. The number of hydrogen-bond acceptors (Lipinski definition) is 3. The van der Waals surface area contributed by atoms with E-state index >= 15 is 0 Å². The maximum atomic E-state index is 11.3. The highest BCUT2D eigenvalue weighted by molar-refractivity contribution is 5.78. The van der Waals surface area contributed by atoms with Crippen LogP contribution in [0.1, 0.15) is 27.2 Å². The van der Waals surface area contributed by atoms with Gasteiger partial charge in [0.2, 0.25) is 5.91 Å². The molecular weight excluding hydrogens is 192 g/mol. The normalized spacial score (nSPS) is 25.4. The van der Waals surface area contributed by atoms with E-state index in [2.05, 4.69) is 24.1 Å². The second-order valence-electron chi connectivity index (χ2n) is 4.72. The standard InChI is InChI=1S/C11H22N2O2/c1-8(2)10-6-12-11(15)7-13(10)5-4-9(3)14/h8-10,14H,4-7H2,1-3H3,(H,12,15). The molecule has 0 aromatic carbocycles. The van der Waals surface area contributed by atoms with E-state index in [4.69, 9.17) is 0 Å². The van der Waals surface area contributed by atoms with E-state index in [1.54, 1.807) is 6.92 Å². The number of amides is 1. The number of carbonyl (C=O) groups is 1. The Balaban J connectivity index is 2.50. The number of aliphatic hydroxyl groups excluding tert-OH is 1. The van der Waals surface area contributed by atoms with Crippen molar-refractivity contribution >= 4 is 5.91 Å². The molecule has 1 heterocycles. The van der Waals surface area contributed by atoms with Gasteiger partial charge in [0.1, 0.15) is 0 Å². The third-order valence-electron chi connectivity index (χ3n) is 2.93. The van der Waals surface area contributed by atoms with Crippen molar-refractivity contribution in [1.82, 2.24) is 10.2 Å². The predicted octanol–water partition coefficient (Wildman–Crippen LogP) is 0.214. The van der Waals surface area contributed by atoms with E-state index in [-0.39, 0.29) is 12.0 Å². The summed E-state index contributed by atoms with van der Waals surface area (Å²) < 4.78 is 0. The lowest BCUT2D eigenvalue weighted by Crippen LogP contribution is -2.56. The summed E-state index contributed by atoms with van der Waals surface area (Å²) in [6, 6.07) is 0.404. The number of nitrogens with zero attached hydrogens (tertiary/aromatic N) is 1. The van der Waals surface area contributed by atoms with Crippen LogP contribution in [0.2, 0.25) is 0 Å². The Labute approximate surface area is 91.6 Å². The second-order valence-corrected chi connectivity index (χ2v) is 4.72. The minimum atomic E-state index is -0.289. The molecule has 2 atom stereocenters. The van der Waals surface area contributed by atoms with Crippen LogP contribution in [0.3, 0.4) is 0 Å². The minimum Gasteiger partial charge on any atom is -0.393 e. The van der Waals surface area contributed by atoms with Gasteiger partial charge in [-0.3, -0.25) is 9.69 Å². The van der Waals surface area contributed by atoms with Gasteiger partial charge < -0.3 is 10.4 Å². The van der Waals surface area contributed by atoms with Crippen molar-refractivity contribution in [3.63, 3.8) is 0 Å². The van der Waals surface area contributed by atoms with E-state index in [1.165, 1.54) is 0 Å². The van der Waals surface area contributed by atoms with Crippen LogP contribution in [0.5, 0.6) is 0 Å². The van der Waals surface area contributed by atoms with Crippen molar-refractivity contribution < 1.29 is 9.90 Å². The van der Waals surface area contributed by atoms with Crippen LogP contribution in [0, 0.1) is 5.92 Å². The lowest BCUT2D eigenvalue weighted by atomic mass is 10.00. The van der Waals surface area contributed by atoms with Crippen molar-refractivity contribution in [1.29, 1.82) is 0 Å². The lowest BCUT2D eigenvalue weighted by Gasteiger charge is -2.38. The zero-order chi connectivity index (χ0) is 11.4. The fourth-order valence-corrected chi connectivity index (χ4v) is 1.96. The third-order valence-corrected chi connectivity index (χ3v) is 2.93. The molecule has 1 saturated heterocycles. The Kier molecular flexibility index (Phi) is 4.54. The molecule has 0 saturated carbocycles. The molecule has 4 nitrogen and oxygen atoms in total. The topological polar surface area (TPSA) is 52.6 Å². The number of hydrogen-bond donors (Lipinski definition) is 2. The summed E-state index contributed by atoms with van der Waals surface area (Å²) in [5, 5.41) is 12.1. The molecule has 1 rings (SSSR count). The van der Waals surface area contributed by atoms with E-state index < -0.39 is 0 Å². The van der Waals surface area contributed by atoms with Crippen molar-refractivity contribution in [2.24, 2.45) is 5.92 Å². The predicted molar refractivity (Wildman–Crippen MR) is 59.5 cm³/mol. The molecule has 2 unspecified atom stereocenters. The molecule has 15 heavy (non-hydrogen) atoms. The summed E-state index contributed by atoms with van der Waals surface area (Å²) >= 11 is 0. The van der Waals surface area contributed by atoms with Crippen molar-refractivity contribution in [3.05, 3.63) is 0 Å². The van der Waals surface area contributed by atoms with Crippen LogP contribution in [0.15, 0.2) is 0 Å². The van der Waals surface area contributed by atoms with Gasteiger partial charge in [-0.15, -0.1) is 0 Å². The van der Waals surface area contributed by atoms with Gasteiger partial charge in [-0.2, -0.15) is 0 Å². The van der Waals surface area contributed by atoms with Crippen molar-refractivity contribution in [3.8, 4) is 0 Å². The minimum absolute atomic E-state index is 0.0949. The SMILES string of the molecule is CC(O)CCN1CC(=O)NCC1C(C)C. The molecule has 88 valence electrons. The van der Waals surface area contributed by atoms with Crippen LogP contribution in [-0.4, -0.2) is 47.7 Å². The molecule has 0 aliphatic carbocycles. The Hall–Kier alpha value is -0.610. The van der Waals surface area contributed by atoms with Gasteiger partial charge in [0.05, 0.1) is 12.6 Å². The maximum Gasteiger partial charge on any atom is 0.234 e. The van der Waals surface area contributed by atoms with Crippen LogP contribution >= 0.6 is 0 Å². The molecule has 1 amide bonds. The van der Waals surface area contributed by atoms with E-state index in [9.17, 15) is 9.90 Å². The second kappa shape index (κ2) is 5.47. The largest absolute Gasteiger partial charge is 0.393 e. The Bertz CT molecular complexity index is 217. The Morgan fingerprint density at radius 2 is 2.20 bits per heavy atom. The Morgan fingerprint density at radius 1 is 1.53 bits per heavy atom. The molecule has 0 aromatic rings. The molecule has 0 bridgehead atoms. The number of carbonyl (C=O) groups excluding carboxylic acids is 1. The highest BCUT2D eigenvalue weighted by atomic mass is 16.3. The molecule has 0 spiro atoms. The van der Waals surface area contributed by atoms with E-state index in [0.29, 0.717) is 18.5 Å². The van der Waals surface area contributed by atoms with Crippen molar-refractivity contribution in [2.45, 2.75) is 39.3 Å². The van der Waals surface area contributed by atoms with Gasteiger partial charge in [0, 0.05) is 19.1 Å². The van der Waals surface area contributed by atoms with Gasteiger partial charge in [-0.05, 0) is 19.3 Å². The van der Waals surface area contributed by atoms with Gasteiger partial charge >= 0.3 is 0 Å². The summed E-state index contributed by atoms with van der Waals surface area (Å²) in [4.78, 5) is 13.4. The molecule has 0 radical (unpaired) electrons. The van der Waals surface area contributed by atoms with Gasteiger partial charge in [-0.1, -0.05) is 13.8 Å². The molecular formula is C11H22N2O2. The average Bonchev–Trinajstić information content (AvgIpc) is 2.14. The number of nitrogens with one attached hydrogen (secondary N) is 1. The molecule has 1 aliphatic heterocycles. The third kappa shape index (κ3) is 3.80. The van der Waals surface area contributed by atoms with Gasteiger partial charge in [-0.25, -0.2) is 0 Å². The van der Waals surface area contributed by atoms with E-state index in [1.807, 2.05) is 0 Å². The fourth-order valence-electron chi connectivity index (χ4n) is 1.96. The fraction of sp³-hybridized carbons (Fsp3) is 0.909. The summed E-state index contributed by atoms with van der Waals surface area (Å²) in [5.41, 5.74) is 0. The highest BCUT2D eigenvalue weighted by Crippen LogP contribution is 2.13. The Morgan fingerprint density at radius 3 is 2.73 bits per heavy atom. The summed E-state index contributed by atoms with van der Waals surface area (Å²) in [6.07, 6.45) is 0.444. The molecule has 0 aromatic heterocycles. The lowest BCUT2D eigenvalue weighted by molar-refractivity contribution is -0.126. The quantitative estimate of drug-likeness (QED) is 0.703. The molecule has 1 fully saturated rings. The zero-order valence-corrected chi connectivity index (χ0v) is 9.86. The molecule has 1 aliphatic rings. The molecule has 2 N–H and O–H groups in total. The van der Waals surface area contributed by atoms with Gasteiger partial charge in [0.25, 0.3) is 0 Å². The van der Waals surface area contributed by atoms with Crippen molar-refractivity contribution in [2.75, 3.05) is 19.6 Å². The average molecular weight is 214 g/mol. The first-order valence-corrected chi connectivity index (χ1v) is 5.69.